The van der Waals surface area contributed by atoms with E-state index in [0.717, 1.165) is 24.3 Å². The van der Waals surface area contributed by atoms with Crippen molar-refractivity contribution in [2.24, 2.45) is 0 Å². The molecule has 152 valence electrons. The first kappa shape index (κ1) is 20.7. The molecule has 0 N–H and O–H groups in total. The maximum Gasteiger partial charge on any atom is 0.223 e. The fourth-order valence-electron chi connectivity index (χ4n) is 3.02. The highest BCUT2D eigenvalue weighted by Crippen LogP contribution is 2.34. The van der Waals surface area contributed by atoms with Gasteiger partial charge in [0.05, 0.1) is 10.4 Å². The monoisotopic (exact) mass is 467 g/mol. The van der Waals surface area contributed by atoms with Gasteiger partial charge >= 0.3 is 0 Å². The lowest BCUT2D eigenvalue weighted by Crippen LogP contribution is -2.06. The van der Waals surface area contributed by atoms with E-state index in [2.05, 4.69) is 4.98 Å². The summed E-state index contributed by atoms with van der Waals surface area (Å²) >= 11 is 11.8. The summed E-state index contributed by atoms with van der Waals surface area (Å²) in [7, 11) is -4.21. The van der Waals surface area contributed by atoms with Crippen LogP contribution in [0.25, 0.3) is 22.0 Å². The average molecular weight is 468 g/mol. The first-order valence-corrected chi connectivity index (χ1v) is 10.7. The van der Waals surface area contributed by atoms with E-state index in [9.17, 15) is 21.6 Å². The fraction of sp³-hybridized carbons (Fsp3) is 0. The van der Waals surface area contributed by atoms with E-state index in [-0.39, 0.29) is 31.6 Å². The molecule has 4 aromatic rings. The van der Waals surface area contributed by atoms with Gasteiger partial charge in [0.15, 0.2) is 16.7 Å². The summed E-state index contributed by atoms with van der Waals surface area (Å²) in [6.07, 6.45) is 0. The van der Waals surface area contributed by atoms with Crippen LogP contribution in [0.5, 0.6) is 0 Å². The molecule has 0 fully saturated rings. The van der Waals surface area contributed by atoms with Crippen LogP contribution in [-0.4, -0.2) is 13.4 Å². The van der Waals surface area contributed by atoms with Gasteiger partial charge < -0.3 is 0 Å². The number of rotatable bonds is 3. The Kier molecular flexibility index (Phi) is 5.22. The van der Waals surface area contributed by atoms with Crippen molar-refractivity contribution in [3.05, 3.63) is 88.2 Å². The SMILES string of the molecule is O=S(=O)(c1cc(Cl)cc(Cl)c1)c1cc(-c2ccc(F)c(F)c2)c2ccc(F)cc2n1. The van der Waals surface area contributed by atoms with Gasteiger partial charge in [-0.15, -0.1) is 0 Å². The molecule has 1 aromatic heterocycles. The lowest BCUT2D eigenvalue weighted by atomic mass is 10.0. The first-order chi connectivity index (χ1) is 14.1. The molecule has 0 saturated carbocycles. The molecular weight excluding hydrogens is 458 g/mol. The number of benzene rings is 3. The third-order valence-electron chi connectivity index (χ3n) is 4.40. The van der Waals surface area contributed by atoms with E-state index >= 15 is 0 Å². The quantitative estimate of drug-likeness (QED) is 0.347. The number of aromatic nitrogens is 1. The number of pyridine rings is 1. The molecule has 0 aliphatic carbocycles. The van der Waals surface area contributed by atoms with Crippen LogP contribution in [0.2, 0.25) is 10.0 Å². The summed E-state index contributed by atoms with van der Waals surface area (Å²) < 4.78 is 67.3. The van der Waals surface area contributed by atoms with Gasteiger partial charge in [-0.25, -0.2) is 26.6 Å². The number of hydrogen-bond donors (Lipinski definition) is 0. The molecule has 3 nitrogen and oxygen atoms in total. The van der Waals surface area contributed by atoms with Crippen molar-refractivity contribution in [2.45, 2.75) is 9.92 Å². The van der Waals surface area contributed by atoms with Crippen LogP contribution in [0.3, 0.4) is 0 Å². The van der Waals surface area contributed by atoms with Crippen LogP contribution in [0.15, 0.2) is 70.6 Å². The second-order valence-corrected chi connectivity index (χ2v) is 9.18. The number of hydrogen-bond acceptors (Lipinski definition) is 3. The van der Waals surface area contributed by atoms with Gasteiger partial charge in [0.2, 0.25) is 9.84 Å². The van der Waals surface area contributed by atoms with Crippen LogP contribution < -0.4 is 0 Å². The van der Waals surface area contributed by atoms with E-state index in [1.165, 1.54) is 36.4 Å². The topological polar surface area (TPSA) is 47.0 Å². The fourth-order valence-corrected chi connectivity index (χ4v) is 4.97. The lowest BCUT2D eigenvalue weighted by Gasteiger charge is -2.12. The number of fused-ring (bicyclic) bond motifs is 1. The molecule has 0 bridgehead atoms. The van der Waals surface area contributed by atoms with Crippen molar-refractivity contribution in [2.75, 3.05) is 0 Å². The van der Waals surface area contributed by atoms with Gasteiger partial charge in [-0.2, -0.15) is 0 Å². The Hall–Kier alpha value is -2.61. The second-order valence-electron chi connectivity index (χ2n) is 6.41. The van der Waals surface area contributed by atoms with Crippen LogP contribution in [0, 0.1) is 17.5 Å². The summed E-state index contributed by atoms with van der Waals surface area (Å²) in [5.41, 5.74) is 0.475. The first-order valence-electron chi connectivity index (χ1n) is 8.42. The van der Waals surface area contributed by atoms with Gasteiger partial charge in [0.1, 0.15) is 5.82 Å². The van der Waals surface area contributed by atoms with E-state index < -0.39 is 32.3 Å². The Morgan fingerprint density at radius 2 is 1.47 bits per heavy atom. The number of sulfone groups is 1. The van der Waals surface area contributed by atoms with Crippen LogP contribution in [0.4, 0.5) is 13.2 Å². The van der Waals surface area contributed by atoms with Crippen molar-refractivity contribution in [3.63, 3.8) is 0 Å². The Morgan fingerprint density at radius 3 is 2.13 bits per heavy atom. The van der Waals surface area contributed by atoms with Gasteiger partial charge in [-0.05, 0) is 59.7 Å². The van der Waals surface area contributed by atoms with E-state index in [4.69, 9.17) is 23.2 Å². The minimum absolute atomic E-state index is 0.0314. The van der Waals surface area contributed by atoms with E-state index in [1.54, 1.807) is 0 Å². The third kappa shape index (κ3) is 3.76. The van der Waals surface area contributed by atoms with Crippen molar-refractivity contribution in [3.8, 4) is 11.1 Å². The Balaban J connectivity index is 2.02. The highest BCUT2D eigenvalue weighted by molar-refractivity contribution is 7.91. The van der Waals surface area contributed by atoms with Gasteiger partial charge in [0, 0.05) is 21.5 Å². The molecular formula is C21H10Cl2F3NO2S. The standard InChI is InChI=1S/C21H10Cl2F3NO2S/c22-12-6-13(23)8-15(7-12)30(28,29)21-10-17(11-1-4-18(25)19(26)5-11)16-3-2-14(24)9-20(16)27-21/h1-10H. The summed E-state index contributed by atoms with van der Waals surface area (Å²) in [5.74, 6) is -2.79. The lowest BCUT2D eigenvalue weighted by molar-refractivity contribution is 0.509. The zero-order valence-electron chi connectivity index (χ0n) is 14.8. The zero-order chi connectivity index (χ0) is 21.6. The minimum atomic E-state index is -4.21. The van der Waals surface area contributed by atoms with Crippen LogP contribution in [-0.2, 0) is 9.84 Å². The largest absolute Gasteiger partial charge is 0.236 e. The Labute approximate surface area is 179 Å². The minimum Gasteiger partial charge on any atom is -0.236 e. The molecule has 0 radical (unpaired) electrons. The molecule has 1 heterocycles. The maximum absolute atomic E-state index is 13.8. The van der Waals surface area contributed by atoms with Crippen LogP contribution in [0.1, 0.15) is 0 Å². The normalized spacial score (nSPS) is 11.8. The highest BCUT2D eigenvalue weighted by Gasteiger charge is 2.23. The summed E-state index contributed by atoms with van der Waals surface area (Å²) in [5, 5.41) is 0.159. The average Bonchev–Trinajstić information content (AvgIpc) is 2.68. The molecule has 3 aromatic carbocycles. The highest BCUT2D eigenvalue weighted by atomic mass is 35.5. The molecule has 0 amide bonds. The van der Waals surface area contributed by atoms with Crippen molar-refractivity contribution < 1.29 is 21.6 Å². The Morgan fingerprint density at radius 1 is 0.767 bits per heavy atom. The summed E-state index contributed by atoms with van der Waals surface area (Å²) in [6.45, 7) is 0. The molecule has 0 aliphatic rings. The summed E-state index contributed by atoms with van der Waals surface area (Å²) in [6, 6.07) is 11.8. The molecule has 0 unspecified atom stereocenters. The molecule has 0 aliphatic heterocycles. The predicted molar refractivity (Wildman–Crippen MR) is 109 cm³/mol. The maximum atomic E-state index is 13.8. The number of halogens is 5. The van der Waals surface area contributed by atoms with Gasteiger partial charge in [-0.1, -0.05) is 29.3 Å². The zero-order valence-corrected chi connectivity index (χ0v) is 17.2. The predicted octanol–water partition coefficient (Wildman–Crippen LogP) is 6.46. The molecule has 0 spiro atoms. The van der Waals surface area contributed by atoms with E-state index in [1.807, 2.05) is 0 Å². The second kappa shape index (κ2) is 7.58. The molecule has 0 saturated heterocycles. The Bertz CT molecular complexity index is 1410. The van der Waals surface area contributed by atoms with Crippen molar-refractivity contribution >= 4 is 43.9 Å². The van der Waals surface area contributed by atoms with E-state index in [0.29, 0.717) is 5.39 Å². The number of nitrogens with zero attached hydrogens (tertiary/aromatic N) is 1. The van der Waals surface area contributed by atoms with Crippen LogP contribution >= 0.6 is 23.2 Å². The molecule has 0 atom stereocenters. The van der Waals surface area contributed by atoms with Crippen molar-refractivity contribution in [1.82, 2.24) is 4.98 Å². The van der Waals surface area contributed by atoms with Gasteiger partial charge in [0.25, 0.3) is 0 Å². The molecule has 4 rings (SSSR count). The smallest absolute Gasteiger partial charge is 0.223 e. The van der Waals surface area contributed by atoms with Gasteiger partial charge in [-0.3, -0.25) is 0 Å². The third-order valence-corrected chi connectivity index (χ3v) is 6.45. The summed E-state index contributed by atoms with van der Waals surface area (Å²) in [4.78, 5) is 3.88. The molecule has 9 heteroatoms. The van der Waals surface area contributed by atoms with Crippen molar-refractivity contribution in [1.29, 1.82) is 0 Å². The molecule has 30 heavy (non-hydrogen) atoms.